The summed E-state index contributed by atoms with van der Waals surface area (Å²) in [7, 11) is 0. The van der Waals surface area contributed by atoms with Crippen molar-refractivity contribution in [1.82, 2.24) is 4.90 Å². The quantitative estimate of drug-likeness (QED) is 0.725. The van der Waals surface area contributed by atoms with Crippen LogP contribution < -0.4 is 5.73 Å². The SMILES string of the molecule is CCCCN(CC)Cc1ccccc1N. The van der Waals surface area contributed by atoms with Crippen molar-refractivity contribution < 1.29 is 0 Å². The standard InChI is InChI=1S/C13H22N2/c1-3-5-10-15(4-2)11-12-8-6-7-9-13(12)14/h6-9H,3-5,10-11,14H2,1-2H3. The lowest BCUT2D eigenvalue weighted by atomic mass is 10.1. The maximum absolute atomic E-state index is 5.93. The van der Waals surface area contributed by atoms with Crippen LogP contribution in [0.2, 0.25) is 0 Å². The minimum Gasteiger partial charge on any atom is -0.398 e. The molecule has 2 N–H and O–H groups in total. The molecule has 0 fully saturated rings. The van der Waals surface area contributed by atoms with Crippen molar-refractivity contribution in [3.8, 4) is 0 Å². The molecular formula is C13H22N2. The van der Waals surface area contributed by atoms with Crippen LogP contribution in [0.25, 0.3) is 0 Å². The maximum atomic E-state index is 5.93. The van der Waals surface area contributed by atoms with Gasteiger partial charge < -0.3 is 5.73 Å². The average Bonchev–Trinajstić information content (AvgIpc) is 2.26. The molecule has 0 saturated heterocycles. The van der Waals surface area contributed by atoms with E-state index in [9.17, 15) is 0 Å². The molecule has 0 spiro atoms. The summed E-state index contributed by atoms with van der Waals surface area (Å²) in [5.74, 6) is 0. The molecule has 0 heterocycles. The lowest BCUT2D eigenvalue weighted by molar-refractivity contribution is 0.276. The second-order valence-electron chi connectivity index (χ2n) is 3.92. The predicted octanol–water partition coefficient (Wildman–Crippen LogP) is 2.89. The zero-order chi connectivity index (χ0) is 11.1. The molecule has 0 aliphatic carbocycles. The molecule has 0 bridgehead atoms. The Morgan fingerprint density at radius 3 is 2.53 bits per heavy atom. The highest BCUT2D eigenvalue weighted by Crippen LogP contribution is 2.13. The molecule has 1 aromatic rings. The van der Waals surface area contributed by atoms with Gasteiger partial charge in [-0.1, -0.05) is 38.5 Å². The van der Waals surface area contributed by atoms with Crippen LogP contribution in [0.1, 0.15) is 32.3 Å². The van der Waals surface area contributed by atoms with Gasteiger partial charge in [0.1, 0.15) is 0 Å². The Balaban J connectivity index is 2.54. The normalized spacial score (nSPS) is 10.9. The number of hydrogen-bond donors (Lipinski definition) is 1. The number of para-hydroxylation sites is 1. The van der Waals surface area contributed by atoms with Crippen molar-refractivity contribution in [3.05, 3.63) is 29.8 Å². The van der Waals surface area contributed by atoms with Gasteiger partial charge in [0, 0.05) is 12.2 Å². The molecule has 0 atom stereocenters. The third-order valence-electron chi connectivity index (χ3n) is 2.72. The monoisotopic (exact) mass is 206 g/mol. The highest BCUT2D eigenvalue weighted by molar-refractivity contribution is 5.46. The second kappa shape index (κ2) is 6.46. The maximum Gasteiger partial charge on any atom is 0.0359 e. The van der Waals surface area contributed by atoms with E-state index in [-0.39, 0.29) is 0 Å². The van der Waals surface area contributed by atoms with Gasteiger partial charge in [0.15, 0.2) is 0 Å². The topological polar surface area (TPSA) is 29.3 Å². The van der Waals surface area contributed by atoms with Crippen LogP contribution >= 0.6 is 0 Å². The molecule has 0 unspecified atom stereocenters. The first kappa shape index (κ1) is 12.1. The summed E-state index contributed by atoms with van der Waals surface area (Å²) in [6.07, 6.45) is 2.52. The smallest absolute Gasteiger partial charge is 0.0359 e. The van der Waals surface area contributed by atoms with Crippen molar-refractivity contribution in [2.24, 2.45) is 0 Å². The largest absolute Gasteiger partial charge is 0.398 e. The van der Waals surface area contributed by atoms with Crippen LogP contribution in [-0.4, -0.2) is 18.0 Å². The Morgan fingerprint density at radius 2 is 1.93 bits per heavy atom. The molecule has 2 heteroatoms. The van der Waals surface area contributed by atoms with E-state index in [1.807, 2.05) is 12.1 Å². The highest BCUT2D eigenvalue weighted by Gasteiger charge is 2.04. The van der Waals surface area contributed by atoms with E-state index in [0.717, 1.165) is 18.8 Å². The highest BCUT2D eigenvalue weighted by atomic mass is 15.1. The lowest BCUT2D eigenvalue weighted by Gasteiger charge is -2.20. The number of unbranched alkanes of at least 4 members (excludes halogenated alkanes) is 1. The van der Waals surface area contributed by atoms with Crippen LogP contribution in [-0.2, 0) is 6.54 Å². The summed E-state index contributed by atoms with van der Waals surface area (Å²) in [4.78, 5) is 2.44. The molecule has 15 heavy (non-hydrogen) atoms. The van der Waals surface area contributed by atoms with Crippen LogP contribution in [0.4, 0.5) is 5.69 Å². The Kier molecular flexibility index (Phi) is 5.19. The average molecular weight is 206 g/mol. The van der Waals surface area contributed by atoms with E-state index < -0.39 is 0 Å². The van der Waals surface area contributed by atoms with Crippen LogP contribution in [0, 0.1) is 0 Å². The molecular weight excluding hydrogens is 184 g/mol. The van der Waals surface area contributed by atoms with Crippen LogP contribution in [0.3, 0.4) is 0 Å². The first-order chi connectivity index (χ1) is 7.27. The predicted molar refractivity (Wildman–Crippen MR) is 66.7 cm³/mol. The van der Waals surface area contributed by atoms with Crippen LogP contribution in [0.5, 0.6) is 0 Å². The number of anilines is 1. The van der Waals surface area contributed by atoms with E-state index in [0.29, 0.717) is 0 Å². The second-order valence-corrected chi connectivity index (χ2v) is 3.92. The van der Waals surface area contributed by atoms with E-state index in [1.165, 1.54) is 24.9 Å². The minimum atomic E-state index is 0.910. The summed E-state index contributed by atoms with van der Waals surface area (Å²) < 4.78 is 0. The summed E-state index contributed by atoms with van der Waals surface area (Å²) in [5.41, 5.74) is 8.08. The number of nitrogen functional groups attached to an aromatic ring is 1. The first-order valence-corrected chi connectivity index (χ1v) is 5.83. The fraction of sp³-hybridized carbons (Fsp3) is 0.538. The van der Waals surface area contributed by atoms with Crippen molar-refractivity contribution in [2.75, 3.05) is 18.8 Å². The van der Waals surface area contributed by atoms with Gasteiger partial charge in [0.25, 0.3) is 0 Å². The number of rotatable bonds is 6. The summed E-state index contributed by atoms with van der Waals surface area (Å²) >= 11 is 0. The molecule has 0 aromatic heterocycles. The molecule has 2 nitrogen and oxygen atoms in total. The number of hydrogen-bond acceptors (Lipinski definition) is 2. The van der Waals surface area contributed by atoms with Gasteiger partial charge in [0.2, 0.25) is 0 Å². The molecule has 0 aliphatic heterocycles. The molecule has 0 radical (unpaired) electrons. The Bertz CT molecular complexity index is 284. The summed E-state index contributed by atoms with van der Waals surface area (Å²) in [6.45, 7) is 7.67. The van der Waals surface area contributed by atoms with Gasteiger partial charge in [-0.05, 0) is 31.1 Å². The van der Waals surface area contributed by atoms with Gasteiger partial charge in [-0.15, -0.1) is 0 Å². The fourth-order valence-electron chi connectivity index (χ4n) is 1.65. The molecule has 1 rings (SSSR count). The fourth-order valence-corrected chi connectivity index (χ4v) is 1.65. The number of nitrogens with two attached hydrogens (primary N) is 1. The zero-order valence-electron chi connectivity index (χ0n) is 9.87. The molecule has 0 aliphatic rings. The molecule has 84 valence electrons. The first-order valence-electron chi connectivity index (χ1n) is 5.83. The van der Waals surface area contributed by atoms with Crippen LogP contribution in [0.15, 0.2) is 24.3 Å². The van der Waals surface area contributed by atoms with E-state index >= 15 is 0 Å². The van der Waals surface area contributed by atoms with Gasteiger partial charge in [-0.25, -0.2) is 0 Å². The van der Waals surface area contributed by atoms with Gasteiger partial charge in [-0.2, -0.15) is 0 Å². The Hall–Kier alpha value is -1.02. The summed E-state index contributed by atoms with van der Waals surface area (Å²) in [5, 5.41) is 0. The van der Waals surface area contributed by atoms with E-state index in [1.54, 1.807) is 0 Å². The van der Waals surface area contributed by atoms with E-state index in [2.05, 4.69) is 30.9 Å². The van der Waals surface area contributed by atoms with E-state index in [4.69, 9.17) is 5.73 Å². The van der Waals surface area contributed by atoms with Crippen molar-refractivity contribution in [2.45, 2.75) is 33.2 Å². The van der Waals surface area contributed by atoms with Crippen molar-refractivity contribution in [1.29, 1.82) is 0 Å². The Labute approximate surface area is 93.1 Å². The molecule has 1 aromatic carbocycles. The van der Waals surface area contributed by atoms with Crippen molar-refractivity contribution >= 4 is 5.69 Å². The lowest BCUT2D eigenvalue weighted by Crippen LogP contribution is -2.24. The molecule has 0 saturated carbocycles. The van der Waals surface area contributed by atoms with Gasteiger partial charge in [-0.3, -0.25) is 4.90 Å². The minimum absolute atomic E-state index is 0.910. The molecule has 0 amide bonds. The number of benzene rings is 1. The zero-order valence-corrected chi connectivity index (χ0v) is 9.87. The third-order valence-corrected chi connectivity index (χ3v) is 2.72. The Morgan fingerprint density at radius 1 is 1.20 bits per heavy atom. The van der Waals surface area contributed by atoms with Gasteiger partial charge >= 0.3 is 0 Å². The summed E-state index contributed by atoms with van der Waals surface area (Å²) in [6, 6.07) is 8.13. The van der Waals surface area contributed by atoms with Gasteiger partial charge in [0.05, 0.1) is 0 Å². The third kappa shape index (κ3) is 3.92. The van der Waals surface area contributed by atoms with Crippen molar-refractivity contribution in [3.63, 3.8) is 0 Å². The number of nitrogens with zero attached hydrogens (tertiary/aromatic N) is 1.